The third-order valence-electron chi connectivity index (χ3n) is 5.60. The molecule has 39 heavy (non-hydrogen) atoms. The molecular formula is C25H36N8O4S2. The number of carbonyl (C=O) groups excluding carboxylic acids is 3. The standard InChI is InChI=1S/C25H36N8O4S2/c1-17(2)23-30-19(14-38-23)12-33(4)24(35)31-21(9-18-11-32(3)15-29-18)22(34)27-7-5-6-8-28-25(36)37-13-20-10-26-16-39-20/h10-11,14-17,21H,5-9,12-13H2,1-4H3,(H,27,34)(H,28,36)(H,31,35)/t21-/m0/s1. The van der Waals surface area contributed by atoms with Gasteiger partial charge in [-0.3, -0.25) is 9.78 Å². The summed E-state index contributed by atoms with van der Waals surface area (Å²) in [7, 11) is 3.52. The van der Waals surface area contributed by atoms with E-state index < -0.39 is 12.1 Å². The van der Waals surface area contributed by atoms with Crippen LogP contribution in [0.15, 0.2) is 29.6 Å². The second-order valence-corrected chi connectivity index (χ2v) is 11.3. The largest absolute Gasteiger partial charge is 0.444 e. The van der Waals surface area contributed by atoms with E-state index >= 15 is 0 Å². The zero-order valence-corrected chi connectivity index (χ0v) is 24.3. The number of rotatable bonds is 14. The molecule has 3 aromatic rings. The average molecular weight is 577 g/mol. The highest BCUT2D eigenvalue weighted by Gasteiger charge is 2.24. The van der Waals surface area contributed by atoms with Crippen molar-refractivity contribution in [3.05, 3.63) is 50.9 Å². The first kappa shape index (κ1) is 30.0. The van der Waals surface area contributed by atoms with Crippen LogP contribution in [-0.4, -0.2) is 68.6 Å². The maximum absolute atomic E-state index is 13.0. The van der Waals surface area contributed by atoms with Gasteiger partial charge in [-0.2, -0.15) is 0 Å². The maximum atomic E-state index is 13.0. The lowest BCUT2D eigenvalue weighted by atomic mass is 10.1. The number of ether oxygens (including phenoxy) is 1. The number of urea groups is 1. The Balaban J connectivity index is 1.43. The molecule has 212 valence electrons. The van der Waals surface area contributed by atoms with E-state index in [0.717, 1.165) is 15.6 Å². The van der Waals surface area contributed by atoms with Crippen molar-refractivity contribution in [3.8, 4) is 0 Å². The Morgan fingerprint density at radius 1 is 1.13 bits per heavy atom. The van der Waals surface area contributed by atoms with Crippen LogP contribution in [0.25, 0.3) is 0 Å². The van der Waals surface area contributed by atoms with Crippen LogP contribution in [-0.2, 0) is 36.2 Å². The predicted molar refractivity (Wildman–Crippen MR) is 149 cm³/mol. The van der Waals surface area contributed by atoms with E-state index in [0.29, 0.717) is 44.1 Å². The van der Waals surface area contributed by atoms with Gasteiger partial charge < -0.3 is 30.2 Å². The number of aromatic nitrogens is 4. The molecule has 3 heterocycles. The Morgan fingerprint density at radius 3 is 2.54 bits per heavy atom. The third kappa shape index (κ3) is 10.3. The van der Waals surface area contributed by atoms with E-state index in [2.05, 4.69) is 44.7 Å². The van der Waals surface area contributed by atoms with Crippen LogP contribution in [0.2, 0.25) is 0 Å². The van der Waals surface area contributed by atoms with Crippen LogP contribution in [0.1, 0.15) is 53.9 Å². The van der Waals surface area contributed by atoms with Gasteiger partial charge in [0.25, 0.3) is 0 Å². The van der Waals surface area contributed by atoms with Crippen LogP contribution in [0.4, 0.5) is 9.59 Å². The van der Waals surface area contributed by atoms with Gasteiger partial charge in [0.1, 0.15) is 12.6 Å². The van der Waals surface area contributed by atoms with E-state index in [1.807, 2.05) is 18.6 Å². The lowest BCUT2D eigenvalue weighted by Crippen LogP contribution is -2.51. The number of amides is 4. The summed E-state index contributed by atoms with van der Waals surface area (Å²) in [5.74, 6) is 0.0307. The monoisotopic (exact) mass is 576 g/mol. The molecule has 4 amide bonds. The molecule has 3 N–H and O–H groups in total. The van der Waals surface area contributed by atoms with Gasteiger partial charge in [0.2, 0.25) is 5.91 Å². The van der Waals surface area contributed by atoms with Gasteiger partial charge in [-0.15, -0.1) is 22.7 Å². The number of unbranched alkanes of at least 4 members (excludes halogenated alkanes) is 1. The fourth-order valence-electron chi connectivity index (χ4n) is 3.50. The number of nitrogens with one attached hydrogen (secondary N) is 3. The minimum atomic E-state index is -0.795. The molecule has 0 saturated heterocycles. The molecule has 0 aliphatic rings. The number of aryl methyl sites for hydroxylation is 1. The van der Waals surface area contributed by atoms with E-state index in [9.17, 15) is 14.4 Å². The smallest absolute Gasteiger partial charge is 0.407 e. The number of hydrogen-bond acceptors (Lipinski definition) is 9. The molecule has 14 heteroatoms. The van der Waals surface area contributed by atoms with Gasteiger partial charge in [-0.25, -0.2) is 19.6 Å². The summed E-state index contributed by atoms with van der Waals surface area (Å²) in [6.07, 6.45) is 6.20. The number of nitrogens with zero attached hydrogens (tertiary/aromatic N) is 5. The van der Waals surface area contributed by atoms with Crippen LogP contribution < -0.4 is 16.0 Å². The zero-order valence-electron chi connectivity index (χ0n) is 22.7. The van der Waals surface area contributed by atoms with E-state index in [4.69, 9.17) is 4.74 Å². The first-order chi connectivity index (χ1) is 18.7. The fraction of sp³-hybridized carbons (Fsp3) is 0.520. The minimum absolute atomic E-state index is 0.188. The van der Waals surface area contributed by atoms with Crippen LogP contribution in [0.5, 0.6) is 0 Å². The van der Waals surface area contributed by atoms with E-state index in [-0.39, 0.29) is 25.0 Å². The SMILES string of the molecule is CC(C)c1nc(CN(C)C(=O)N[C@@H](Cc2cn(C)cn2)C(=O)NCCCCNC(=O)OCc2cncs2)cs1. The molecule has 0 bridgehead atoms. The minimum Gasteiger partial charge on any atom is -0.444 e. The second kappa shape index (κ2) is 15.2. The summed E-state index contributed by atoms with van der Waals surface area (Å²) in [5, 5.41) is 11.4. The molecule has 0 aliphatic carbocycles. The Kier molecular flexibility index (Phi) is 11.7. The van der Waals surface area contributed by atoms with Gasteiger partial charge in [-0.1, -0.05) is 13.8 Å². The van der Waals surface area contributed by atoms with Crippen molar-refractivity contribution in [2.45, 2.75) is 58.2 Å². The number of hydrogen-bond donors (Lipinski definition) is 3. The molecule has 0 unspecified atom stereocenters. The van der Waals surface area contributed by atoms with Crippen molar-refractivity contribution < 1.29 is 19.1 Å². The van der Waals surface area contributed by atoms with Gasteiger partial charge in [0, 0.05) is 57.3 Å². The highest BCUT2D eigenvalue weighted by atomic mass is 32.1. The van der Waals surface area contributed by atoms with Crippen LogP contribution >= 0.6 is 22.7 Å². The summed E-state index contributed by atoms with van der Waals surface area (Å²) in [6, 6.07) is -1.16. The molecule has 12 nitrogen and oxygen atoms in total. The average Bonchev–Trinajstić information content (AvgIpc) is 3.67. The quantitative estimate of drug-likeness (QED) is 0.250. The highest BCUT2D eigenvalue weighted by Crippen LogP contribution is 2.19. The molecule has 0 saturated carbocycles. The first-order valence-corrected chi connectivity index (χ1v) is 14.5. The fourth-order valence-corrected chi connectivity index (χ4v) is 4.83. The van der Waals surface area contributed by atoms with Gasteiger partial charge >= 0.3 is 12.1 Å². The topological polar surface area (TPSA) is 143 Å². The molecular weight excluding hydrogens is 540 g/mol. The van der Waals surface area contributed by atoms with Crippen molar-refractivity contribution in [2.24, 2.45) is 7.05 Å². The lowest BCUT2D eigenvalue weighted by Gasteiger charge is -2.22. The van der Waals surface area contributed by atoms with Crippen molar-refractivity contribution in [3.63, 3.8) is 0 Å². The summed E-state index contributed by atoms with van der Waals surface area (Å²) in [6.45, 7) is 5.51. The normalized spacial score (nSPS) is 11.7. The Labute approximate surface area is 236 Å². The Morgan fingerprint density at radius 2 is 1.90 bits per heavy atom. The predicted octanol–water partition coefficient (Wildman–Crippen LogP) is 3.03. The van der Waals surface area contributed by atoms with E-state index in [1.165, 1.54) is 16.2 Å². The second-order valence-electron chi connectivity index (χ2n) is 9.39. The van der Waals surface area contributed by atoms with Gasteiger partial charge in [0.05, 0.1) is 39.7 Å². The zero-order chi connectivity index (χ0) is 28.2. The number of imidazole rings is 1. The van der Waals surface area contributed by atoms with Crippen molar-refractivity contribution in [1.82, 2.24) is 40.4 Å². The summed E-state index contributed by atoms with van der Waals surface area (Å²) in [5.41, 5.74) is 3.19. The molecule has 1 atom stereocenters. The van der Waals surface area contributed by atoms with Crippen molar-refractivity contribution >= 4 is 40.7 Å². The third-order valence-corrected chi connectivity index (χ3v) is 7.54. The highest BCUT2D eigenvalue weighted by molar-refractivity contribution is 7.09. The molecule has 0 aromatic carbocycles. The summed E-state index contributed by atoms with van der Waals surface area (Å²) in [4.78, 5) is 52.9. The molecule has 0 aliphatic heterocycles. The maximum Gasteiger partial charge on any atom is 0.407 e. The molecule has 0 radical (unpaired) electrons. The van der Waals surface area contributed by atoms with E-state index in [1.54, 1.807) is 41.0 Å². The number of carbonyl (C=O) groups is 3. The van der Waals surface area contributed by atoms with Crippen LogP contribution in [0.3, 0.4) is 0 Å². The van der Waals surface area contributed by atoms with Gasteiger partial charge in [0.15, 0.2) is 0 Å². The van der Waals surface area contributed by atoms with Crippen LogP contribution in [0, 0.1) is 0 Å². The molecule has 3 aromatic heterocycles. The van der Waals surface area contributed by atoms with Crippen molar-refractivity contribution in [2.75, 3.05) is 20.1 Å². The molecule has 0 fully saturated rings. The summed E-state index contributed by atoms with van der Waals surface area (Å²) >= 11 is 3.00. The Hall–Kier alpha value is -3.52. The first-order valence-electron chi connectivity index (χ1n) is 12.7. The number of alkyl carbamates (subject to hydrolysis) is 1. The van der Waals surface area contributed by atoms with Gasteiger partial charge in [-0.05, 0) is 12.8 Å². The lowest BCUT2D eigenvalue weighted by molar-refractivity contribution is -0.123. The number of thiazole rings is 2. The Bertz CT molecular complexity index is 1190. The molecule has 0 spiro atoms. The summed E-state index contributed by atoms with van der Waals surface area (Å²) < 4.78 is 6.92. The van der Waals surface area contributed by atoms with Crippen molar-refractivity contribution in [1.29, 1.82) is 0 Å². The molecule has 3 rings (SSSR count).